The minimum Gasteiger partial charge on any atom is -0.467 e. The van der Waals surface area contributed by atoms with Gasteiger partial charge in [-0.1, -0.05) is 6.92 Å². The minimum atomic E-state index is -0.901. The SMILES string of the molecule is COC(=O)[C@H](NC(=O)c1ccc(NC(C)=O)cc1)[C@@H](C)CC#N. The van der Waals surface area contributed by atoms with Gasteiger partial charge < -0.3 is 15.4 Å². The second-order valence-electron chi connectivity index (χ2n) is 5.07. The molecule has 1 aromatic carbocycles. The van der Waals surface area contributed by atoms with Crippen molar-refractivity contribution < 1.29 is 19.1 Å². The molecule has 0 aliphatic rings. The summed E-state index contributed by atoms with van der Waals surface area (Å²) in [5.41, 5.74) is 0.897. The summed E-state index contributed by atoms with van der Waals surface area (Å²) >= 11 is 0. The fraction of sp³-hybridized carbons (Fsp3) is 0.375. The van der Waals surface area contributed by atoms with Crippen molar-refractivity contribution in [2.45, 2.75) is 26.3 Å². The lowest BCUT2D eigenvalue weighted by molar-refractivity contribution is -0.144. The Morgan fingerprint density at radius 2 is 1.87 bits per heavy atom. The molecule has 7 nitrogen and oxygen atoms in total. The Kier molecular flexibility index (Phi) is 6.74. The third kappa shape index (κ3) is 5.43. The lowest BCUT2D eigenvalue weighted by atomic mass is 9.98. The summed E-state index contributed by atoms with van der Waals surface area (Å²) in [6.07, 6.45) is 0.113. The molecule has 0 spiro atoms. The zero-order chi connectivity index (χ0) is 17.4. The van der Waals surface area contributed by atoms with Gasteiger partial charge in [0, 0.05) is 30.5 Å². The first kappa shape index (κ1) is 18.2. The Hall–Kier alpha value is -2.88. The van der Waals surface area contributed by atoms with Gasteiger partial charge in [-0.05, 0) is 24.3 Å². The molecule has 0 aliphatic heterocycles. The number of anilines is 1. The maximum absolute atomic E-state index is 12.2. The molecule has 0 bridgehead atoms. The van der Waals surface area contributed by atoms with Gasteiger partial charge in [0.05, 0.1) is 13.2 Å². The quantitative estimate of drug-likeness (QED) is 0.772. The van der Waals surface area contributed by atoms with E-state index in [0.29, 0.717) is 11.3 Å². The summed E-state index contributed by atoms with van der Waals surface area (Å²) in [5, 5.41) is 13.9. The van der Waals surface area contributed by atoms with Gasteiger partial charge in [-0.2, -0.15) is 5.26 Å². The number of nitrogens with one attached hydrogen (secondary N) is 2. The fourth-order valence-corrected chi connectivity index (χ4v) is 1.96. The van der Waals surface area contributed by atoms with Crippen LogP contribution in [0.15, 0.2) is 24.3 Å². The van der Waals surface area contributed by atoms with Crippen LogP contribution in [0.3, 0.4) is 0 Å². The van der Waals surface area contributed by atoms with Gasteiger partial charge >= 0.3 is 5.97 Å². The zero-order valence-corrected chi connectivity index (χ0v) is 13.3. The third-order valence-electron chi connectivity index (χ3n) is 3.19. The molecule has 0 aromatic heterocycles. The summed E-state index contributed by atoms with van der Waals surface area (Å²) < 4.78 is 4.67. The summed E-state index contributed by atoms with van der Waals surface area (Å²) in [6, 6.07) is 7.30. The number of methoxy groups -OCH3 is 1. The van der Waals surface area contributed by atoms with Crippen LogP contribution in [-0.4, -0.2) is 30.9 Å². The van der Waals surface area contributed by atoms with E-state index in [4.69, 9.17) is 5.26 Å². The van der Waals surface area contributed by atoms with E-state index in [-0.39, 0.29) is 18.2 Å². The van der Waals surface area contributed by atoms with E-state index in [1.54, 1.807) is 19.1 Å². The number of carbonyl (C=O) groups is 3. The predicted molar refractivity (Wildman–Crippen MR) is 83.4 cm³/mol. The Balaban J connectivity index is 2.84. The number of esters is 1. The number of rotatable bonds is 6. The van der Waals surface area contributed by atoms with Crippen LogP contribution >= 0.6 is 0 Å². The molecule has 1 rings (SSSR count). The van der Waals surface area contributed by atoms with Crippen LogP contribution in [0.1, 0.15) is 30.6 Å². The number of amides is 2. The number of hydrogen-bond acceptors (Lipinski definition) is 5. The molecule has 122 valence electrons. The largest absolute Gasteiger partial charge is 0.467 e. The molecular formula is C16H19N3O4. The monoisotopic (exact) mass is 317 g/mol. The molecule has 0 fully saturated rings. The number of hydrogen-bond donors (Lipinski definition) is 2. The van der Waals surface area contributed by atoms with Crippen molar-refractivity contribution >= 4 is 23.5 Å². The predicted octanol–water partition coefficient (Wildman–Crippen LogP) is 1.47. The van der Waals surface area contributed by atoms with E-state index < -0.39 is 17.9 Å². The maximum Gasteiger partial charge on any atom is 0.328 e. The normalized spacial score (nSPS) is 12.4. The summed E-state index contributed by atoms with van der Waals surface area (Å²) in [5.74, 6) is -1.65. The van der Waals surface area contributed by atoms with Crippen LogP contribution in [0, 0.1) is 17.2 Å². The molecule has 0 saturated heterocycles. The van der Waals surface area contributed by atoms with E-state index in [0.717, 1.165) is 0 Å². The highest BCUT2D eigenvalue weighted by Crippen LogP contribution is 2.13. The van der Waals surface area contributed by atoms with Gasteiger partial charge in [-0.15, -0.1) is 0 Å². The number of ether oxygens (including phenoxy) is 1. The van der Waals surface area contributed by atoms with Gasteiger partial charge in [0.2, 0.25) is 5.91 Å². The molecule has 0 radical (unpaired) electrons. The molecule has 2 N–H and O–H groups in total. The van der Waals surface area contributed by atoms with Crippen molar-refractivity contribution in [2.75, 3.05) is 12.4 Å². The van der Waals surface area contributed by atoms with Crippen LogP contribution in [0.4, 0.5) is 5.69 Å². The summed E-state index contributed by atoms with van der Waals surface area (Å²) in [4.78, 5) is 35.0. The fourth-order valence-electron chi connectivity index (χ4n) is 1.96. The molecule has 0 heterocycles. The first-order valence-corrected chi connectivity index (χ1v) is 7.02. The van der Waals surface area contributed by atoms with E-state index in [2.05, 4.69) is 15.4 Å². The second kappa shape index (κ2) is 8.54. The van der Waals surface area contributed by atoms with Gasteiger partial charge in [-0.25, -0.2) is 4.79 Å². The second-order valence-corrected chi connectivity index (χ2v) is 5.07. The molecular weight excluding hydrogens is 298 g/mol. The maximum atomic E-state index is 12.2. The molecule has 0 aliphatic carbocycles. The highest BCUT2D eigenvalue weighted by Gasteiger charge is 2.28. The van der Waals surface area contributed by atoms with Crippen molar-refractivity contribution in [3.05, 3.63) is 29.8 Å². The lowest BCUT2D eigenvalue weighted by Gasteiger charge is -2.21. The molecule has 7 heteroatoms. The molecule has 23 heavy (non-hydrogen) atoms. The Labute approximate surface area is 134 Å². The van der Waals surface area contributed by atoms with Crippen molar-refractivity contribution in [3.63, 3.8) is 0 Å². The van der Waals surface area contributed by atoms with E-state index in [1.807, 2.05) is 6.07 Å². The van der Waals surface area contributed by atoms with Crippen LogP contribution in [0.5, 0.6) is 0 Å². The van der Waals surface area contributed by atoms with Crippen molar-refractivity contribution in [2.24, 2.45) is 5.92 Å². The van der Waals surface area contributed by atoms with Crippen molar-refractivity contribution in [3.8, 4) is 6.07 Å². The summed E-state index contributed by atoms with van der Waals surface area (Å²) in [7, 11) is 1.23. The average molecular weight is 317 g/mol. The molecule has 0 saturated carbocycles. The smallest absolute Gasteiger partial charge is 0.328 e. The lowest BCUT2D eigenvalue weighted by Crippen LogP contribution is -2.45. The number of carbonyl (C=O) groups excluding carboxylic acids is 3. The third-order valence-corrected chi connectivity index (χ3v) is 3.19. The van der Waals surface area contributed by atoms with Crippen molar-refractivity contribution in [1.29, 1.82) is 5.26 Å². The van der Waals surface area contributed by atoms with Crippen LogP contribution in [0.25, 0.3) is 0 Å². The molecule has 2 amide bonds. The Bertz CT molecular complexity index is 619. The van der Waals surface area contributed by atoms with Crippen LogP contribution in [0.2, 0.25) is 0 Å². The average Bonchev–Trinajstić information content (AvgIpc) is 2.52. The van der Waals surface area contributed by atoms with E-state index in [1.165, 1.54) is 26.2 Å². The van der Waals surface area contributed by atoms with Gasteiger partial charge in [0.25, 0.3) is 5.91 Å². The number of nitriles is 1. The number of nitrogens with zero attached hydrogens (tertiary/aromatic N) is 1. The first-order chi connectivity index (χ1) is 10.9. The highest BCUT2D eigenvalue weighted by molar-refractivity contribution is 5.97. The Morgan fingerprint density at radius 3 is 2.35 bits per heavy atom. The van der Waals surface area contributed by atoms with Gasteiger partial charge in [-0.3, -0.25) is 9.59 Å². The Morgan fingerprint density at radius 1 is 1.26 bits per heavy atom. The topological polar surface area (TPSA) is 108 Å². The molecule has 0 unspecified atom stereocenters. The van der Waals surface area contributed by atoms with E-state index >= 15 is 0 Å². The van der Waals surface area contributed by atoms with Gasteiger partial charge in [0.15, 0.2) is 0 Å². The van der Waals surface area contributed by atoms with Gasteiger partial charge in [0.1, 0.15) is 6.04 Å². The summed E-state index contributed by atoms with van der Waals surface area (Å²) in [6.45, 7) is 3.07. The van der Waals surface area contributed by atoms with Crippen LogP contribution in [-0.2, 0) is 14.3 Å². The molecule has 2 atom stereocenters. The highest BCUT2D eigenvalue weighted by atomic mass is 16.5. The number of benzene rings is 1. The zero-order valence-electron chi connectivity index (χ0n) is 13.3. The van der Waals surface area contributed by atoms with Crippen molar-refractivity contribution in [1.82, 2.24) is 5.32 Å². The molecule has 1 aromatic rings. The van der Waals surface area contributed by atoms with E-state index in [9.17, 15) is 14.4 Å². The minimum absolute atomic E-state index is 0.113. The van der Waals surface area contributed by atoms with Crippen LogP contribution < -0.4 is 10.6 Å². The first-order valence-electron chi connectivity index (χ1n) is 7.02. The standard InChI is InChI=1S/C16H19N3O4/c1-10(8-9-17)14(16(22)23-3)19-15(21)12-4-6-13(7-5-12)18-11(2)20/h4-7,10,14H,8H2,1-3H3,(H,18,20)(H,19,21)/t10-,14+/m0/s1.